The molecule has 5 heteroatoms. The van der Waals surface area contributed by atoms with Crippen LogP contribution >= 0.6 is 22.9 Å². The van der Waals surface area contributed by atoms with Crippen molar-refractivity contribution in [1.29, 1.82) is 0 Å². The molecule has 0 amide bonds. The Morgan fingerprint density at radius 2 is 1.30 bits per heavy atom. The molecule has 8 aromatic rings. The molecule has 8 rings (SSSR count). The third kappa shape index (κ3) is 3.76. The molecule has 0 aliphatic carbocycles. The van der Waals surface area contributed by atoms with Gasteiger partial charge in [0.25, 0.3) is 0 Å². The van der Waals surface area contributed by atoms with Crippen molar-refractivity contribution in [2.45, 2.75) is 0 Å². The standard InChI is InChI=1S/C35H20ClN3S/c36-35-38-32(34-33(39-35)29-13-5-6-14-31(29)40-34)25-17-23(22-9-7-15-37-20-22)16-24(18-25)30-19-21-8-1-2-10-26(21)27-11-3-4-12-28(27)30/h1-20H. The second-order valence-corrected chi connectivity index (χ2v) is 11.2. The highest BCUT2D eigenvalue weighted by Crippen LogP contribution is 2.42. The molecule has 0 bridgehead atoms. The molecule has 3 nitrogen and oxygen atoms in total. The molecule has 3 heterocycles. The first-order valence-electron chi connectivity index (χ1n) is 13.0. The molecule has 3 aromatic heterocycles. The van der Waals surface area contributed by atoms with E-state index in [1.54, 1.807) is 17.5 Å². The predicted molar refractivity (Wildman–Crippen MR) is 169 cm³/mol. The molecule has 0 spiro atoms. The Morgan fingerprint density at radius 3 is 2.15 bits per heavy atom. The molecule has 0 N–H and O–H groups in total. The lowest BCUT2D eigenvalue weighted by atomic mass is 9.90. The SMILES string of the molecule is Clc1nc(-c2cc(-c3cccnc3)cc(-c3cc4ccccc4c4ccccc34)c2)c2sc3ccccc3c2n1. The van der Waals surface area contributed by atoms with E-state index in [1.807, 2.05) is 18.3 Å². The highest BCUT2D eigenvalue weighted by molar-refractivity contribution is 7.26. The Balaban J connectivity index is 1.46. The van der Waals surface area contributed by atoms with Crippen LogP contribution in [0.3, 0.4) is 0 Å². The molecule has 5 aromatic carbocycles. The van der Waals surface area contributed by atoms with Crippen LogP contribution in [0.4, 0.5) is 0 Å². The smallest absolute Gasteiger partial charge is 0.223 e. The monoisotopic (exact) mass is 549 g/mol. The van der Waals surface area contributed by atoms with Gasteiger partial charge in [0.2, 0.25) is 5.28 Å². The lowest BCUT2D eigenvalue weighted by Crippen LogP contribution is -1.92. The summed E-state index contributed by atoms with van der Waals surface area (Å²) in [6, 6.07) is 38.6. The van der Waals surface area contributed by atoms with Gasteiger partial charge in [-0.25, -0.2) is 9.97 Å². The molecule has 188 valence electrons. The van der Waals surface area contributed by atoms with E-state index >= 15 is 0 Å². The van der Waals surface area contributed by atoms with E-state index in [1.165, 1.54) is 31.8 Å². The minimum Gasteiger partial charge on any atom is -0.264 e. The number of aromatic nitrogens is 3. The fourth-order valence-electron chi connectivity index (χ4n) is 5.67. The average molecular weight is 550 g/mol. The fraction of sp³-hybridized carbons (Fsp3) is 0. The van der Waals surface area contributed by atoms with Crippen LogP contribution in [0, 0.1) is 0 Å². The van der Waals surface area contributed by atoms with Gasteiger partial charge < -0.3 is 0 Å². The van der Waals surface area contributed by atoms with E-state index in [2.05, 4.69) is 107 Å². The first-order chi connectivity index (χ1) is 19.7. The minimum absolute atomic E-state index is 0.246. The van der Waals surface area contributed by atoms with Crippen LogP contribution in [0.15, 0.2) is 122 Å². The van der Waals surface area contributed by atoms with Gasteiger partial charge in [0.15, 0.2) is 0 Å². The van der Waals surface area contributed by atoms with E-state index < -0.39 is 0 Å². The summed E-state index contributed by atoms with van der Waals surface area (Å²) in [6.45, 7) is 0. The van der Waals surface area contributed by atoms with Crippen molar-refractivity contribution in [2.24, 2.45) is 0 Å². The van der Waals surface area contributed by atoms with Crippen molar-refractivity contribution in [3.05, 3.63) is 127 Å². The highest BCUT2D eigenvalue weighted by Gasteiger charge is 2.18. The van der Waals surface area contributed by atoms with Crippen molar-refractivity contribution < 1.29 is 0 Å². The summed E-state index contributed by atoms with van der Waals surface area (Å²) in [5.74, 6) is 0. The third-order valence-electron chi connectivity index (χ3n) is 7.47. The molecule has 0 fully saturated rings. The van der Waals surface area contributed by atoms with Crippen LogP contribution < -0.4 is 0 Å². The van der Waals surface area contributed by atoms with Crippen molar-refractivity contribution >= 4 is 64.8 Å². The Bertz CT molecular complexity index is 2240. The molecule has 0 unspecified atom stereocenters. The van der Waals surface area contributed by atoms with Crippen molar-refractivity contribution in [3.8, 4) is 33.5 Å². The molecule has 0 saturated carbocycles. The first-order valence-corrected chi connectivity index (χ1v) is 14.2. The Hall–Kier alpha value is -4.64. The van der Waals surface area contributed by atoms with Gasteiger partial charge in [-0.15, -0.1) is 11.3 Å². The number of halogens is 1. The lowest BCUT2D eigenvalue weighted by molar-refractivity contribution is 1.23. The largest absolute Gasteiger partial charge is 0.264 e. The minimum atomic E-state index is 0.246. The molecule has 0 atom stereocenters. The maximum absolute atomic E-state index is 6.56. The van der Waals surface area contributed by atoms with Gasteiger partial charge in [0.05, 0.1) is 15.9 Å². The molecule has 0 radical (unpaired) electrons. The van der Waals surface area contributed by atoms with Crippen LogP contribution in [0.25, 0.3) is 75.4 Å². The number of hydrogen-bond donors (Lipinski definition) is 0. The summed E-state index contributed by atoms with van der Waals surface area (Å²) in [5, 5.41) is 6.25. The van der Waals surface area contributed by atoms with Gasteiger partial charge in [-0.1, -0.05) is 72.8 Å². The number of nitrogens with zero attached hydrogens (tertiary/aromatic N) is 3. The summed E-state index contributed by atoms with van der Waals surface area (Å²) in [5.41, 5.74) is 7.13. The highest BCUT2D eigenvalue weighted by atomic mass is 35.5. The Labute approximate surface area is 239 Å². The number of hydrogen-bond acceptors (Lipinski definition) is 4. The molecule has 0 saturated heterocycles. The molecule has 0 aliphatic rings. The molecular weight excluding hydrogens is 530 g/mol. The van der Waals surface area contributed by atoms with Crippen molar-refractivity contribution in [3.63, 3.8) is 0 Å². The van der Waals surface area contributed by atoms with Crippen molar-refractivity contribution in [2.75, 3.05) is 0 Å². The second-order valence-electron chi connectivity index (χ2n) is 9.85. The molecular formula is C35H20ClN3S. The van der Waals surface area contributed by atoms with Crippen LogP contribution in [0.2, 0.25) is 5.28 Å². The van der Waals surface area contributed by atoms with Crippen LogP contribution in [0.5, 0.6) is 0 Å². The van der Waals surface area contributed by atoms with Crippen LogP contribution in [-0.2, 0) is 0 Å². The maximum Gasteiger partial charge on any atom is 0.223 e. The zero-order valence-corrected chi connectivity index (χ0v) is 22.7. The summed E-state index contributed by atoms with van der Waals surface area (Å²) in [6.07, 6.45) is 3.71. The quantitative estimate of drug-likeness (QED) is 0.162. The van der Waals surface area contributed by atoms with E-state index in [0.29, 0.717) is 0 Å². The number of fused-ring (bicyclic) bond motifs is 6. The van der Waals surface area contributed by atoms with Crippen LogP contribution in [-0.4, -0.2) is 15.0 Å². The lowest BCUT2D eigenvalue weighted by Gasteiger charge is -2.14. The van der Waals surface area contributed by atoms with Gasteiger partial charge in [-0.2, -0.15) is 0 Å². The van der Waals surface area contributed by atoms with E-state index in [0.717, 1.165) is 43.6 Å². The first kappa shape index (κ1) is 23.3. The Kier molecular flexibility index (Phi) is 5.37. The topological polar surface area (TPSA) is 38.7 Å². The number of rotatable bonds is 3. The molecule has 0 aliphatic heterocycles. The summed E-state index contributed by atoms with van der Waals surface area (Å²) in [7, 11) is 0. The van der Waals surface area contributed by atoms with Gasteiger partial charge in [0, 0.05) is 33.6 Å². The van der Waals surface area contributed by atoms with Gasteiger partial charge in [-0.05, 0) is 86.2 Å². The second kappa shape index (κ2) is 9.23. The predicted octanol–water partition coefficient (Wildman–Crippen LogP) is 10.2. The zero-order chi connectivity index (χ0) is 26.6. The van der Waals surface area contributed by atoms with E-state index in [4.69, 9.17) is 16.6 Å². The number of benzene rings is 5. The summed E-state index contributed by atoms with van der Waals surface area (Å²) >= 11 is 8.26. The number of pyridine rings is 1. The van der Waals surface area contributed by atoms with Crippen LogP contribution in [0.1, 0.15) is 0 Å². The van der Waals surface area contributed by atoms with E-state index in [-0.39, 0.29) is 5.28 Å². The average Bonchev–Trinajstić information content (AvgIpc) is 3.39. The maximum atomic E-state index is 6.56. The third-order valence-corrected chi connectivity index (χ3v) is 8.81. The van der Waals surface area contributed by atoms with E-state index in [9.17, 15) is 0 Å². The van der Waals surface area contributed by atoms with Gasteiger partial charge in [0.1, 0.15) is 0 Å². The Morgan fingerprint density at radius 1 is 0.575 bits per heavy atom. The fourth-order valence-corrected chi connectivity index (χ4v) is 7.00. The summed E-state index contributed by atoms with van der Waals surface area (Å²) in [4.78, 5) is 13.8. The molecule has 40 heavy (non-hydrogen) atoms. The normalized spacial score (nSPS) is 11.6. The number of thiophene rings is 1. The van der Waals surface area contributed by atoms with Gasteiger partial charge >= 0.3 is 0 Å². The zero-order valence-electron chi connectivity index (χ0n) is 21.2. The summed E-state index contributed by atoms with van der Waals surface area (Å²) < 4.78 is 2.20. The van der Waals surface area contributed by atoms with Gasteiger partial charge in [-0.3, -0.25) is 4.98 Å². The van der Waals surface area contributed by atoms with Crippen molar-refractivity contribution in [1.82, 2.24) is 15.0 Å².